The zero-order chi connectivity index (χ0) is 21.8. The van der Waals surface area contributed by atoms with Crippen molar-refractivity contribution in [3.05, 3.63) is 88.2 Å². The fraction of sp³-hybridized carbons (Fsp3) is 0.296. The van der Waals surface area contributed by atoms with Crippen LogP contribution in [0.5, 0.6) is 0 Å². The third-order valence-corrected chi connectivity index (χ3v) is 5.38. The number of pyridine rings is 1. The summed E-state index contributed by atoms with van der Waals surface area (Å²) in [4.78, 5) is 14.7. The molecule has 0 N–H and O–H groups in total. The van der Waals surface area contributed by atoms with Crippen LogP contribution in [0.3, 0.4) is 0 Å². The molecular formula is C27H31N3. The van der Waals surface area contributed by atoms with E-state index in [0.29, 0.717) is 5.92 Å². The van der Waals surface area contributed by atoms with Gasteiger partial charge in [-0.1, -0.05) is 56.3 Å². The Morgan fingerprint density at radius 2 is 1.10 bits per heavy atom. The third kappa shape index (κ3) is 4.73. The second-order valence-electron chi connectivity index (χ2n) is 8.21. The zero-order valence-electron chi connectivity index (χ0n) is 19.1. The Morgan fingerprint density at radius 1 is 0.667 bits per heavy atom. The van der Waals surface area contributed by atoms with Gasteiger partial charge < -0.3 is 0 Å². The van der Waals surface area contributed by atoms with Crippen molar-refractivity contribution in [3.8, 4) is 0 Å². The third-order valence-electron chi connectivity index (χ3n) is 5.38. The van der Waals surface area contributed by atoms with Crippen LogP contribution in [0.25, 0.3) is 0 Å². The summed E-state index contributed by atoms with van der Waals surface area (Å²) in [5.41, 5.74) is 10.4. The Balaban J connectivity index is 2.00. The van der Waals surface area contributed by atoms with Gasteiger partial charge in [-0.05, 0) is 74.9 Å². The molecule has 0 bridgehead atoms. The first kappa shape index (κ1) is 21.6. The van der Waals surface area contributed by atoms with Gasteiger partial charge in [0.05, 0.1) is 34.2 Å². The normalized spacial score (nSPS) is 12.5. The summed E-state index contributed by atoms with van der Waals surface area (Å²) in [5.74, 6) is 0.419. The van der Waals surface area contributed by atoms with Gasteiger partial charge >= 0.3 is 0 Å². The number of hydrogen-bond acceptors (Lipinski definition) is 3. The van der Waals surface area contributed by atoms with E-state index in [0.717, 1.165) is 34.2 Å². The number of rotatable bonds is 5. The lowest BCUT2D eigenvalue weighted by atomic mass is 9.98. The molecule has 3 heteroatoms. The summed E-state index contributed by atoms with van der Waals surface area (Å²) in [7, 11) is 0. The predicted octanol–water partition coefficient (Wildman–Crippen LogP) is 7.41. The molecule has 0 unspecified atom stereocenters. The SMILES string of the molecule is CC(=Nc1c(C)cccc1C)c1cccc(C(C)=Nc2c(C)cccc2C(C)C)n1. The fourth-order valence-corrected chi connectivity index (χ4v) is 3.57. The largest absolute Gasteiger partial charge is 0.251 e. The van der Waals surface area contributed by atoms with Gasteiger partial charge in [0.1, 0.15) is 0 Å². The van der Waals surface area contributed by atoms with E-state index in [9.17, 15) is 0 Å². The highest BCUT2D eigenvalue weighted by Gasteiger charge is 2.11. The molecule has 1 aromatic heterocycles. The van der Waals surface area contributed by atoms with Crippen LogP contribution < -0.4 is 0 Å². The average molecular weight is 398 g/mol. The van der Waals surface area contributed by atoms with Crippen molar-refractivity contribution < 1.29 is 0 Å². The Bertz CT molecular complexity index is 1100. The summed E-state index contributed by atoms with van der Waals surface area (Å²) in [6, 6.07) is 18.7. The molecule has 3 rings (SSSR count). The van der Waals surface area contributed by atoms with Gasteiger partial charge in [0.2, 0.25) is 0 Å². The number of aryl methyl sites for hydroxylation is 3. The molecular weight excluding hydrogens is 366 g/mol. The maximum atomic E-state index is 4.98. The minimum Gasteiger partial charge on any atom is -0.251 e. The van der Waals surface area contributed by atoms with Crippen LogP contribution in [0.2, 0.25) is 0 Å². The molecule has 0 spiro atoms. The molecule has 30 heavy (non-hydrogen) atoms. The number of aliphatic imine (C=N–C) groups is 2. The summed E-state index contributed by atoms with van der Waals surface area (Å²) in [6.07, 6.45) is 0. The standard InChI is InChI=1S/C27H31N3/c1-17(2)23-14-9-13-20(5)27(23)29-22(7)25-16-10-15-24(30-25)21(6)28-26-18(3)11-8-12-19(26)4/h8-17H,1-7H3. The van der Waals surface area contributed by atoms with Crippen LogP contribution in [0.15, 0.2) is 64.6 Å². The van der Waals surface area contributed by atoms with E-state index in [1.165, 1.54) is 22.3 Å². The molecule has 3 nitrogen and oxygen atoms in total. The van der Waals surface area contributed by atoms with E-state index < -0.39 is 0 Å². The lowest BCUT2D eigenvalue weighted by molar-refractivity contribution is 0.865. The molecule has 0 fully saturated rings. The topological polar surface area (TPSA) is 37.6 Å². The molecule has 0 saturated carbocycles. The van der Waals surface area contributed by atoms with Crippen LogP contribution in [0, 0.1) is 20.8 Å². The Hall–Kier alpha value is -3.07. The summed E-state index contributed by atoms with van der Waals surface area (Å²) in [6.45, 7) is 14.7. The Kier molecular flexibility index (Phi) is 6.61. The molecule has 0 aliphatic rings. The smallest absolute Gasteiger partial charge is 0.0849 e. The van der Waals surface area contributed by atoms with Crippen molar-refractivity contribution in [2.75, 3.05) is 0 Å². The molecule has 154 valence electrons. The van der Waals surface area contributed by atoms with Crippen LogP contribution >= 0.6 is 0 Å². The highest BCUT2D eigenvalue weighted by molar-refractivity contribution is 6.02. The molecule has 2 aromatic carbocycles. The van der Waals surface area contributed by atoms with E-state index in [2.05, 4.69) is 71.0 Å². The number of nitrogens with zero attached hydrogens (tertiary/aromatic N) is 3. The number of para-hydroxylation sites is 2. The molecule has 0 radical (unpaired) electrons. The van der Waals surface area contributed by atoms with E-state index in [1.807, 2.05) is 32.0 Å². The molecule has 0 saturated heterocycles. The summed E-state index contributed by atoms with van der Waals surface area (Å²) >= 11 is 0. The molecule has 0 aliphatic carbocycles. The van der Waals surface area contributed by atoms with E-state index in [1.54, 1.807) is 0 Å². The molecule has 3 aromatic rings. The van der Waals surface area contributed by atoms with Crippen molar-refractivity contribution in [1.82, 2.24) is 4.98 Å². The van der Waals surface area contributed by atoms with Crippen molar-refractivity contribution >= 4 is 22.8 Å². The van der Waals surface area contributed by atoms with Crippen molar-refractivity contribution in [2.45, 2.75) is 54.4 Å². The van der Waals surface area contributed by atoms with Crippen molar-refractivity contribution in [3.63, 3.8) is 0 Å². The second kappa shape index (κ2) is 9.17. The van der Waals surface area contributed by atoms with E-state index in [-0.39, 0.29) is 0 Å². The minimum absolute atomic E-state index is 0.419. The van der Waals surface area contributed by atoms with Gasteiger partial charge in [0.15, 0.2) is 0 Å². The van der Waals surface area contributed by atoms with Crippen molar-refractivity contribution in [1.29, 1.82) is 0 Å². The molecule has 1 heterocycles. The summed E-state index contributed by atoms with van der Waals surface area (Å²) in [5, 5.41) is 0. The monoisotopic (exact) mass is 397 g/mol. The van der Waals surface area contributed by atoms with Crippen LogP contribution in [-0.4, -0.2) is 16.4 Å². The Morgan fingerprint density at radius 3 is 1.63 bits per heavy atom. The van der Waals surface area contributed by atoms with Gasteiger partial charge in [0.25, 0.3) is 0 Å². The van der Waals surface area contributed by atoms with Gasteiger partial charge in [-0.25, -0.2) is 4.98 Å². The first-order chi connectivity index (χ1) is 14.3. The Labute approximate surface area is 180 Å². The van der Waals surface area contributed by atoms with Crippen LogP contribution in [0.4, 0.5) is 11.4 Å². The molecule has 0 atom stereocenters. The zero-order valence-corrected chi connectivity index (χ0v) is 19.1. The van der Waals surface area contributed by atoms with Crippen molar-refractivity contribution in [2.24, 2.45) is 9.98 Å². The van der Waals surface area contributed by atoms with Gasteiger partial charge in [-0.15, -0.1) is 0 Å². The second-order valence-corrected chi connectivity index (χ2v) is 8.21. The molecule has 0 aliphatic heterocycles. The number of benzene rings is 2. The van der Waals surface area contributed by atoms with E-state index >= 15 is 0 Å². The maximum Gasteiger partial charge on any atom is 0.0849 e. The van der Waals surface area contributed by atoms with Gasteiger partial charge in [-0.2, -0.15) is 0 Å². The average Bonchev–Trinajstić information content (AvgIpc) is 2.72. The first-order valence-electron chi connectivity index (χ1n) is 10.5. The number of hydrogen-bond donors (Lipinski definition) is 0. The van der Waals surface area contributed by atoms with E-state index in [4.69, 9.17) is 15.0 Å². The highest BCUT2D eigenvalue weighted by atomic mass is 14.8. The lowest BCUT2D eigenvalue weighted by Gasteiger charge is -2.13. The quantitative estimate of drug-likeness (QED) is 0.413. The maximum absolute atomic E-state index is 4.98. The van der Waals surface area contributed by atoms with Crippen LogP contribution in [0.1, 0.15) is 67.3 Å². The van der Waals surface area contributed by atoms with Gasteiger partial charge in [0, 0.05) is 0 Å². The van der Waals surface area contributed by atoms with Gasteiger partial charge in [-0.3, -0.25) is 9.98 Å². The minimum atomic E-state index is 0.419. The molecule has 0 amide bonds. The summed E-state index contributed by atoms with van der Waals surface area (Å²) < 4.78 is 0. The predicted molar refractivity (Wildman–Crippen MR) is 129 cm³/mol. The number of aromatic nitrogens is 1. The first-order valence-corrected chi connectivity index (χ1v) is 10.5. The fourth-order valence-electron chi connectivity index (χ4n) is 3.57. The van der Waals surface area contributed by atoms with Crippen LogP contribution in [-0.2, 0) is 0 Å². The highest BCUT2D eigenvalue weighted by Crippen LogP contribution is 2.30. The lowest BCUT2D eigenvalue weighted by Crippen LogP contribution is -2.05.